The summed E-state index contributed by atoms with van der Waals surface area (Å²) in [6, 6.07) is 4.89. The van der Waals surface area contributed by atoms with Crippen LogP contribution in [0.25, 0.3) is 0 Å². The monoisotopic (exact) mass is 569 g/mol. The minimum atomic E-state index is -1.63. The van der Waals surface area contributed by atoms with Crippen molar-refractivity contribution in [2.75, 3.05) is 6.61 Å². The molecular formula is C30H37BFNO8. The maximum atomic E-state index is 15.4. The van der Waals surface area contributed by atoms with Crippen molar-refractivity contribution in [2.45, 2.75) is 71.8 Å². The predicted molar refractivity (Wildman–Crippen MR) is 148 cm³/mol. The van der Waals surface area contributed by atoms with Crippen LogP contribution in [0.3, 0.4) is 0 Å². The SMILES string of the molecule is C=C[C@]1(C)C[C@@H](OC(=O)COc2ccc3c(c2)B(O)ON=C3)[C@@]2(C)[C@@H]3C(=O)[C@@H](F)C[C@@]3(CC[C@@H]2C)[C@@H](C)[C@@H]1OC=O. The number of carbonyl (C=O) groups excluding carboxylic acids is 3. The minimum absolute atomic E-state index is 0.0499. The van der Waals surface area contributed by atoms with Gasteiger partial charge in [-0.1, -0.05) is 33.8 Å². The highest BCUT2D eigenvalue weighted by Crippen LogP contribution is 2.68. The fourth-order valence-corrected chi connectivity index (χ4v) is 8.27. The Morgan fingerprint density at radius 1 is 1.32 bits per heavy atom. The van der Waals surface area contributed by atoms with Crippen LogP contribution in [0.2, 0.25) is 0 Å². The van der Waals surface area contributed by atoms with Crippen LogP contribution in [0.4, 0.5) is 4.39 Å². The van der Waals surface area contributed by atoms with Gasteiger partial charge in [0.05, 0.1) is 6.21 Å². The lowest BCUT2D eigenvalue weighted by Crippen LogP contribution is -2.63. The van der Waals surface area contributed by atoms with E-state index in [4.69, 9.17) is 19.0 Å². The predicted octanol–water partition coefficient (Wildman–Crippen LogP) is 3.15. The number of esters is 1. The molecule has 1 aromatic carbocycles. The van der Waals surface area contributed by atoms with Gasteiger partial charge in [0.1, 0.15) is 18.0 Å². The zero-order chi connectivity index (χ0) is 29.7. The van der Waals surface area contributed by atoms with E-state index < -0.39 is 66.0 Å². The minimum Gasteiger partial charge on any atom is -0.482 e. The summed E-state index contributed by atoms with van der Waals surface area (Å²) in [6.07, 6.45) is 1.63. The molecule has 1 N–H and O–H groups in total. The van der Waals surface area contributed by atoms with E-state index >= 15 is 4.39 Å². The highest BCUT2D eigenvalue weighted by Gasteiger charge is 2.71. The van der Waals surface area contributed by atoms with Gasteiger partial charge in [-0.3, -0.25) is 9.59 Å². The van der Waals surface area contributed by atoms with Gasteiger partial charge in [-0.25, -0.2) is 9.18 Å². The molecule has 1 aromatic rings. The second kappa shape index (κ2) is 10.6. The van der Waals surface area contributed by atoms with Crippen molar-refractivity contribution in [3.05, 3.63) is 36.4 Å². The largest absolute Gasteiger partial charge is 0.583 e. The zero-order valence-corrected chi connectivity index (χ0v) is 23.9. The van der Waals surface area contributed by atoms with Gasteiger partial charge in [0.15, 0.2) is 18.6 Å². The molecule has 3 aliphatic carbocycles. The van der Waals surface area contributed by atoms with Gasteiger partial charge in [-0.2, -0.15) is 0 Å². The van der Waals surface area contributed by atoms with Gasteiger partial charge in [0.25, 0.3) is 6.47 Å². The highest BCUT2D eigenvalue weighted by atomic mass is 19.1. The van der Waals surface area contributed by atoms with E-state index in [1.54, 1.807) is 24.3 Å². The number of benzene rings is 1. The molecule has 1 aliphatic heterocycles. The number of hydrogen-bond donors (Lipinski definition) is 1. The lowest BCUT2D eigenvalue weighted by atomic mass is 9.44. The Bertz CT molecular complexity index is 1270. The summed E-state index contributed by atoms with van der Waals surface area (Å²) in [4.78, 5) is 38.6. The molecule has 5 rings (SSSR count). The van der Waals surface area contributed by atoms with Gasteiger partial charge < -0.3 is 24.0 Å². The molecule has 2 bridgehead atoms. The van der Waals surface area contributed by atoms with Crippen LogP contribution in [-0.2, 0) is 28.6 Å². The van der Waals surface area contributed by atoms with Gasteiger partial charge in [0, 0.05) is 28.1 Å². The van der Waals surface area contributed by atoms with Gasteiger partial charge in [-0.05, 0) is 60.8 Å². The molecule has 1 heterocycles. The maximum Gasteiger partial charge on any atom is 0.583 e. The maximum absolute atomic E-state index is 15.4. The van der Waals surface area contributed by atoms with Crippen LogP contribution < -0.4 is 10.2 Å². The first-order chi connectivity index (χ1) is 19.4. The molecule has 9 nitrogen and oxygen atoms in total. The zero-order valence-electron chi connectivity index (χ0n) is 23.9. The van der Waals surface area contributed by atoms with E-state index in [2.05, 4.69) is 11.7 Å². The molecule has 220 valence electrons. The van der Waals surface area contributed by atoms with Crippen LogP contribution in [0, 0.1) is 34.0 Å². The van der Waals surface area contributed by atoms with Crippen molar-refractivity contribution in [3.8, 4) is 5.75 Å². The number of carbonyl (C=O) groups is 3. The molecule has 0 radical (unpaired) electrons. The quantitative estimate of drug-likeness (QED) is 0.230. The topological polar surface area (TPSA) is 121 Å². The first-order valence-corrected chi connectivity index (χ1v) is 14.1. The lowest BCUT2D eigenvalue weighted by Gasteiger charge is -2.61. The van der Waals surface area contributed by atoms with Crippen LogP contribution in [0.1, 0.15) is 58.9 Å². The summed E-state index contributed by atoms with van der Waals surface area (Å²) in [5, 5.41) is 13.7. The fourth-order valence-electron chi connectivity index (χ4n) is 8.27. The number of ketones is 1. The Morgan fingerprint density at radius 2 is 2.07 bits per heavy atom. The second-order valence-corrected chi connectivity index (χ2v) is 12.7. The lowest BCUT2D eigenvalue weighted by molar-refractivity contribution is -0.211. The molecule has 0 aromatic heterocycles. The highest BCUT2D eigenvalue weighted by molar-refractivity contribution is 6.62. The number of oxime groups is 1. The van der Waals surface area contributed by atoms with Gasteiger partial charge in [-0.15, -0.1) is 11.7 Å². The van der Waals surface area contributed by atoms with Crippen LogP contribution in [0.15, 0.2) is 36.0 Å². The summed E-state index contributed by atoms with van der Waals surface area (Å²) in [5.74, 6) is -1.89. The van der Waals surface area contributed by atoms with Crippen LogP contribution in [0.5, 0.6) is 5.75 Å². The molecule has 0 amide bonds. The van der Waals surface area contributed by atoms with E-state index in [0.29, 0.717) is 36.1 Å². The molecule has 9 atom stereocenters. The van der Waals surface area contributed by atoms with Crippen molar-refractivity contribution < 1.29 is 42.8 Å². The number of ether oxygens (including phenoxy) is 3. The summed E-state index contributed by atoms with van der Waals surface area (Å²) < 4.78 is 37.8. The standard InChI is InChI=1S/C30H37BFNO8/c1-6-28(4)13-23(40-24(35)15-38-20-8-7-19-14-33-41-31(37)21(19)11-20)29(5)17(2)9-10-30(18(3)27(28)39-16-34)12-22(32)25(36)26(29)30/h6-8,11,14,16-18,22-23,26-27,37H,1,9-10,12-13,15H2,2-5H3/t17-,18-,22-,23+,26-,27-,28+,29-,30-/m0/s1. The average molecular weight is 569 g/mol. The van der Waals surface area contributed by atoms with E-state index in [-0.39, 0.29) is 24.7 Å². The van der Waals surface area contributed by atoms with E-state index in [1.807, 2.05) is 27.7 Å². The summed E-state index contributed by atoms with van der Waals surface area (Å²) in [6.45, 7) is 11.8. The summed E-state index contributed by atoms with van der Waals surface area (Å²) in [7, 11) is -1.25. The molecule has 0 spiro atoms. The third kappa shape index (κ3) is 4.56. The Labute approximate surface area is 239 Å². The Kier molecular flexibility index (Phi) is 7.55. The number of hydrogen-bond acceptors (Lipinski definition) is 9. The second-order valence-electron chi connectivity index (χ2n) is 12.7. The van der Waals surface area contributed by atoms with Crippen molar-refractivity contribution in [1.29, 1.82) is 0 Å². The summed E-state index contributed by atoms with van der Waals surface area (Å²) >= 11 is 0. The third-order valence-corrected chi connectivity index (χ3v) is 10.8. The number of Topliss-reactive ketones (excluding diaryl/α,β-unsaturated/α-hetero) is 1. The molecule has 0 unspecified atom stereocenters. The number of nitrogens with zero attached hydrogens (tertiary/aromatic N) is 1. The van der Waals surface area contributed by atoms with E-state index in [9.17, 15) is 19.4 Å². The number of fused-ring (bicyclic) bond motifs is 1. The molecule has 0 saturated heterocycles. The first-order valence-electron chi connectivity index (χ1n) is 14.1. The van der Waals surface area contributed by atoms with Crippen molar-refractivity contribution in [3.63, 3.8) is 0 Å². The molecule has 4 aliphatic rings. The third-order valence-electron chi connectivity index (χ3n) is 10.8. The van der Waals surface area contributed by atoms with Gasteiger partial charge in [0.2, 0.25) is 0 Å². The molecule has 11 heteroatoms. The number of rotatable bonds is 7. The average Bonchev–Trinajstić information content (AvgIpc) is 3.22. The van der Waals surface area contributed by atoms with Crippen molar-refractivity contribution in [1.82, 2.24) is 0 Å². The molecular weight excluding hydrogens is 532 g/mol. The Hall–Kier alpha value is -3.21. The van der Waals surface area contributed by atoms with Crippen molar-refractivity contribution >= 4 is 37.0 Å². The van der Waals surface area contributed by atoms with E-state index in [0.717, 1.165) is 0 Å². The summed E-state index contributed by atoms with van der Waals surface area (Å²) in [5.41, 5.74) is -1.34. The van der Waals surface area contributed by atoms with Gasteiger partial charge >= 0.3 is 13.1 Å². The van der Waals surface area contributed by atoms with Crippen LogP contribution >= 0.6 is 0 Å². The number of halogens is 1. The smallest absolute Gasteiger partial charge is 0.482 e. The molecule has 41 heavy (non-hydrogen) atoms. The van der Waals surface area contributed by atoms with Crippen molar-refractivity contribution in [2.24, 2.45) is 39.2 Å². The first kappa shape index (κ1) is 29.3. The Balaban J connectivity index is 1.47. The van der Waals surface area contributed by atoms with Crippen LogP contribution in [-0.4, -0.2) is 61.6 Å². The fraction of sp³-hybridized carbons (Fsp3) is 0.600. The molecule has 3 fully saturated rings. The molecule has 3 saturated carbocycles. The Morgan fingerprint density at radius 3 is 2.78 bits per heavy atom. The normalized spacial score (nSPS) is 39.4. The number of alkyl halides is 1. The van der Waals surface area contributed by atoms with E-state index in [1.165, 1.54) is 6.21 Å².